The SMILES string of the molecule is N#Cc1cccc(-c2ccc(CCN(CC(=O)\C=C(Cl)/C=C(Cl)\C=C\N)C(=O)CCN3CCCC3)cc2)c1. The van der Waals surface area contributed by atoms with Crippen molar-refractivity contribution in [3.63, 3.8) is 0 Å². The van der Waals surface area contributed by atoms with Gasteiger partial charge in [0.05, 0.1) is 18.2 Å². The molecule has 0 aromatic heterocycles. The van der Waals surface area contributed by atoms with E-state index in [1.807, 2.05) is 42.5 Å². The van der Waals surface area contributed by atoms with E-state index < -0.39 is 0 Å². The van der Waals surface area contributed by atoms with Crippen LogP contribution in [0.5, 0.6) is 0 Å². The minimum atomic E-state index is -0.283. The summed E-state index contributed by atoms with van der Waals surface area (Å²) in [4.78, 5) is 29.7. The molecule has 1 aliphatic heterocycles. The Hall–Kier alpha value is -3.37. The van der Waals surface area contributed by atoms with Gasteiger partial charge in [-0.15, -0.1) is 0 Å². The van der Waals surface area contributed by atoms with Gasteiger partial charge in [-0.05, 0) is 79.5 Å². The second kappa shape index (κ2) is 15.1. The first-order valence-electron chi connectivity index (χ1n) is 12.6. The second-order valence-electron chi connectivity index (χ2n) is 9.14. The van der Waals surface area contributed by atoms with Gasteiger partial charge in [0.2, 0.25) is 5.91 Å². The van der Waals surface area contributed by atoms with Crippen LogP contribution in [-0.4, -0.2) is 54.2 Å². The maximum Gasteiger partial charge on any atom is 0.224 e. The van der Waals surface area contributed by atoms with E-state index in [9.17, 15) is 9.59 Å². The van der Waals surface area contributed by atoms with Crippen molar-refractivity contribution < 1.29 is 9.59 Å². The van der Waals surface area contributed by atoms with Gasteiger partial charge in [-0.2, -0.15) is 5.26 Å². The lowest BCUT2D eigenvalue weighted by atomic mass is 10.0. The van der Waals surface area contributed by atoms with Gasteiger partial charge in [0.15, 0.2) is 5.78 Å². The molecule has 198 valence electrons. The number of nitriles is 1. The number of amides is 1. The predicted octanol–water partition coefficient (Wildman–Crippen LogP) is 5.37. The molecule has 0 aliphatic carbocycles. The Morgan fingerprint density at radius 1 is 1.03 bits per heavy atom. The number of carbonyl (C=O) groups excluding carboxylic acids is 2. The van der Waals surface area contributed by atoms with Crippen molar-refractivity contribution >= 4 is 34.9 Å². The van der Waals surface area contributed by atoms with Gasteiger partial charge in [-0.25, -0.2) is 0 Å². The standard InChI is InChI=1S/C30H32Cl2N4O2/c31-27(10-13-33)19-28(32)20-29(37)22-36(30(38)12-16-35-14-1-2-15-35)17-11-23-6-8-25(9-7-23)26-5-3-4-24(18-26)21-34/h3-10,13,18-20H,1-2,11-12,14-17,22,33H2/b13-10+,27-19+,28-20+. The van der Waals surface area contributed by atoms with Crippen LogP contribution in [0.15, 0.2) is 83.0 Å². The maximum atomic E-state index is 13.1. The first kappa shape index (κ1) is 29.2. The molecule has 2 aromatic rings. The lowest BCUT2D eigenvalue weighted by molar-refractivity contribution is -0.134. The molecule has 0 bridgehead atoms. The van der Waals surface area contributed by atoms with Crippen molar-refractivity contribution in [2.24, 2.45) is 5.73 Å². The van der Waals surface area contributed by atoms with Crippen molar-refractivity contribution in [3.05, 3.63) is 94.2 Å². The summed E-state index contributed by atoms with van der Waals surface area (Å²) in [7, 11) is 0. The van der Waals surface area contributed by atoms with Crippen LogP contribution in [0, 0.1) is 11.3 Å². The molecule has 0 radical (unpaired) electrons. The minimum absolute atomic E-state index is 0.0562. The van der Waals surface area contributed by atoms with E-state index in [1.54, 1.807) is 11.0 Å². The number of likely N-dealkylation sites (tertiary alicyclic amines) is 1. The van der Waals surface area contributed by atoms with Gasteiger partial charge in [-0.1, -0.05) is 59.6 Å². The van der Waals surface area contributed by atoms with Crippen LogP contribution in [0.2, 0.25) is 0 Å². The summed E-state index contributed by atoms with van der Waals surface area (Å²) in [6, 6.07) is 17.7. The summed E-state index contributed by atoms with van der Waals surface area (Å²) in [6.07, 6.45) is 8.73. The zero-order valence-electron chi connectivity index (χ0n) is 21.3. The average molecular weight is 552 g/mol. The largest absolute Gasteiger partial charge is 0.405 e. The van der Waals surface area contributed by atoms with Crippen molar-refractivity contribution in [1.82, 2.24) is 9.80 Å². The Bertz CT molecular complexity index is 1240. The Labute approximate surface area is 234 Å². The summed E-state index contributed by atoms with van der Waals surface area (Å²) in [5, 5.41) is 9.61. The van der Waals surface area contributed by atoms with Crippen molar-refractivity contribution in [3.8, 4) is 17.2 Å². The third kappa shape index (κ3) is 9.50. The van der Waals surface area contributed by atoms with Crippen LogP contribution in [-0.2, 0) is 16.0 Å². The molecule has 0 atom stereocenters. The molecule has 2 aromatic carbocycles. The Kier molecular flexibility index (Phi) is 11.6. The molecule has 0 unspecified atom stereocenters. The summed E-state index contributed by atoms with van der Waals surface area (Å²) < 4.78 is 0. The lowest BCUT2D eigenvalue weighted by Crippen LogP contribution is -2.38. The van der Waals surface area contributed by atoms with Gasteiger partial charge in [0, 0.05) is 35.7 Å². The molecule has 2 N–H and O–H groups in total. The van der Waals surface area contributed by atoms with E-state index in [2.05, 4.69) is 11.0 Å². The number of benzene rings is 2. The highest BCUT2D eigenvalue weighted by atomic mass is 35.5. The molecule has 38 heavy (non-hydrogen) atoms. The topological polar surface area (TPSA) is 90.4 Å². The number of allylic oxidation sites excluding steroid dienone is 4. The number of rotatable bonds is 12. The Morgan fingerprint density at radius 2 is 1.76 bits per heavy atom. The lowest BCUT2D eigenvalue weighted by Gasteiger charge is -2.23. The highest BCUT2D eigenvalue weighted by molar-refractivity contribution is 6.36. The molecule has 1 aliphatic rings. The van der Waals surface area contributed by atoms with E-state index in [-0.39, 0.29) is 23.3 Å². The smallest absolute Gasteiger partial charge is 0.224 e. The van der Waals surface area contributed by atoms with Gasteiger partial charge in [-0.3, -0.25) is 9.59 Å². The monoisotopic (exact) mass is 550 g/mol. The van der Waals surface area contributed by atoms with Crippen LogP contribution in [0.4, 0.5) is 0 Å². The van der Waals surface area contributed by atoms with Crippen LogP contribution in [0.3, 0.4) is 0 Å². The number of hydrogen-bond donors (Lipinski definition) is 1. The fourth-order valence-electron chi connectivity index (χ4n) is 4.31. The molecule has 3 rings (SSSR count). The maximum absolute atomic E-state index is 13.1. The molecule has 1 heterocycles. The zero-order chi connectivity index (χ0) is 27.3. The summed E-state index contributed by atoms with van der Waals surface area (Å²) >= 11 is 12.1. The second-order valence-corrected chi connectivity index (χ2v) is 10.0. The first-order chi connectivity index (χ1) is 18.4. The molecule has 8 heteroatoms. The fourth-order valence-corrected chi connectivity index (χ4v) is 4.79. The predicted molar refractivity (Wildman–Crippen MR) is 153 cm³/mol. The van der Waals surface area contributed by atoms with E-state index in [4.69, 9.17) is 34.2 Å². The van der Waals surface area contributed by atoms with Crippen molar-refractivity contribution in [2.45, 2.75) is 25.7 Å². The van der Waals surface area contributed by atoms with Gasteiger partial charge in [0.25, 0.3) is 0 Å². The summed E-state index contributed by atoms with van der Waals surface area (Å²) in [6.45, 7) is 3.06. The summed E-state index contributed by atoms with van der Waals surface area (Å²) in [5.74, 6) is -0.339. The number of nitrogens with zero attached hydrogens (tertiary/aromatic N) is 3. The third-order valence-electron chi connectivity index (χ3n) is 6.32. The van der Waals surface area contributed by atoms with E-state index in [1.165, 1.54) is 24.4 Å². The molecule has 1 saturated heterocycles. The third-order valence-corrected chi connectivity index (χ3v) is 6.77. The van der Waals surface area contributed by atoms with Crippen LogP contribution in [0.1, 0.15) is 30.4 Å². The van der Waals surface area contributed by atoms with E-state index >= 15 is 0 Å². The Balaban J connectivity index is 1.67. The van der Waals surface area contributed by atoms with E-state index in [0.717, 1.165) is 42.6 Å². The van der Waals surface area contributed by atoms with Crippen LogP contribution < -0.4 is 5.73 Å². The highest BCUT2D eigenvalue weighted by Crippen LogP contribution is 2.21. The number of ketones is 1. The molecule has 6 nitrogen and oxygen atoms in total. The molecule has 1 amide bonds. The van der Waals surface area contributed by atoms with E-state index in [0.29, 0.717) is 36.5 Å². The van der Waals surface area contributed by atoms with Crippen molar-refractivity contribution in [2.75, 3.05) is 32.7 Å². The van der Waals surface area contributed by atoms with Gasteiger partial charge in [0.1, 0.15) is 0 Å². The quantitative estimate of drug-likeness (QED) is 0.283. The van der Waals surface area contributed by atoms with Gasteiger partial charge < -0.3 is 15.5 Å². The number of carbonyl (C=O) groups is 2. The van der Waals surface area contributed by atoms with Gasteiger partial charge >= 0.3 is 0 Å². The molecule has 0 spiro atoms. The minimum Gasteiger partial charge on any atom is -0.405 e. The first-order valence-corrected chi connectivity index (χ1v) is 13.4. The molecular formula is C30H32Cl2N4O2. The van der Waals surface area contributed by atoms with Crippen molar-refractivity contribution in [1.29, 1.82) is 5.26 Å². The number of hydrogen-bond acceptors (Lipinski definition) is 5. The average Bonchev–Trinajstić information content (AvgIpc) is 3.43. The number of halogens is 2. The highest BCUT2D eigenvalue weighted by Gasteiger charge is 2.19. The zero-order valence-corrected chi connectivity index (χ0v) is 22.8. The molecular weight excluding hydrogens is 519 g/mol. The summed E-state index contributed by atoms with van der Waals surface area (Å²) in [5.41, 5.74) is 8.96. The fraction of sp³-hybridized carbons (Fsp3) is 0.300. The number of nitrogens with two attached hydrogens (primary N) is 1. The van der Waals surface area contributed by atoms with Crippen LogP contribution >= 0.6 is 23.2 Å². The molecule has 1 fully saturated rings. The molecule has 0 saturated carbocycles. The Morgan fingerprint density at radius 3 is 2.45 bits per heavy atom. The van der Waals surface area contributed by atoms with Crippen LogP contribution in [0.25, 0.3) is 11.1 Å². The normalized spacial score (nSPS) is 14.6.